The van der Waals surface area contributed by atoms with Crippen LogP contribution in [0.3, 0.4) is 0 Å². The molecule has 0 aliphatic carbocycles. The summed E-state index contributed by atoms with van der Waals surface area (Å²) >= 11 is 0. The number of likely N-dealkylation sites (tertiary alicyclic amines) is 1. The summed E-state index contributed by atoms with van der Waals surface area (Å²) in [6.45, 7) is 24.5. The van der Waals surface area contributed by atoms with Crippen molar-refractivity contribution in [2.24, 2.45) is 0 Å². The molecule has 8 heteroatoms. The molecule has 0 saturated carbocycles. The minimum atomic E-state index is -1.75. The van der Waals surface area contributed by atoms with E-state index in [1.807, 2.05) is 23.1 Å². The number of nitrogens with zero attached hydrogens (tertiary/aromatic N) is 1. The summed E-state index contributed by atoms with van der Waals surface area (Å²) in [6.07, 6.45) is 3.15. The molecule has 0 radical (unpaired) electrons. The van der Waals surface area contributed by atoms with Gasteiger partial charge < -0.3 is 19.1 Å². The third-order valence-corrected chi connectivity index (χ3v) is 17.6. The highest BCUT2D eigenvalue weighted by molar-refractivity contribution is 6.74. The van der Waals surface area contributed by atoms with E-state index >= 15 is 0 Å². The normalized spacial score (nSPS) is 21.1. The van der Waals surface area contributed by atoms with Gasteiger partial charge in [-0.05, 0) is 54.7 Å². The van der Waals surface area contributed by atoms with Crippen LogP contribution < -0.4 is 5.32 Å². The second-order valence-corrected chi connectivity index (χ2v) is 23.3. The molecule has 2 aliphatic rings. The number of carbonyl (C=O) groups excluding carboxylic acids is 2. The fourth-order valence-electron chi connectivity index (χ4n) is 3.81. The van der Waals surface area contributed by atoms with Crippen LogP contribution in [0.25, 0.3) is 0 Å². The highest BCUT2D eigenvalue weighted by Gasteiger charge is 2.40. The summed E-state index contributed by atoms with van der Waals surface area (Å²) in [5.41, 5.74) is 1.19. The van der Waals surface area contributed by atoms with Crippen molar-refractivity contribution in [3.63, 3.8) is 0 Å². The predicted molar refractivity (Wildman–Crippen MR) is 157 cm³/mol. The van der Waals surface area contributed by atoms with Crippen LogP contribution in [0, 0.1) is 0 Å². The molecule has 2 saturated heterocycles. The fraction of sp³-hybridized carbons (Fsp3) is 0.724. The molecule has 1 N–H and O–H groups in total. The first-order valence-electron chi connectivity index (χ1n) is 13.8. The smallest absolute Gasteiger partial charge is 0.223 e. The first kappa shape index (κ1) is 31.7. The quantitative estimate of drug-likeness (QED) is 0.377. The van der Waals surface area contributed by atoms with Gasteiger partial charge in [0.15, 0.2) is 16.6 Å². The van der Waals surface area contributed by atoms with Gasteiger partial charge in [0.05, 0.1) is 25.3 Å². The summed E-state index contributed by atoms with van der Waals surface area (Å²) in [5, 5.41) is 3.39. The van der Waals surface area contributed by atoms with E-state index in [0.717, 1.165) is 12.8 Å². The molecule has 2 heterocycles. The van der Waals surface area contributed by atoms with Crippen molar-refractivity contribution in [1.29, 1.82) is 0 Å². The van der Waals surface area contributed by atoms with Gasteiger partial charge >= 0.3 is 0 Å². The number of hydrogen-bond donors (Lipinski definition) is 1. The maximum atomic E-state index is 12.2. The third kappa shape index (κ3) is 9.34. The van der Waals surface area contributed by atoms with Gasteiger partial charge in [-0.2, -0.15) is 0 Å². The van der Waals surface area contributed by atoms with Crippen molar-refractivity contribution in [2.45, 2.75) is 122 Å². The molecular formula is C29H52N2O4Si2. The minimum absolute atomic E-state index is 0.166. The molecule has 1 aromatic rings. The summed E-state index contributed by atoms with van der Waals surface area (Å²) in [6, 6.07) is 10.7. The highest BCUT2D eigenvalue weighted by atomic mass is 28.4. The molecule has 2 amide bonds. The molecule has 0 spiro atoms. The average Bonchev–Trinajstić information content (AvgIpc) is 3.36. The maximum Gasteiger partial charge on any atom is 0.223 e. The van der Waals surface area contributed by atoms with Crippen LogP contribution in [-0.4, -0.2) is 58.6 Å². The topological polar surface area (TPSA) is 67.9 Å². The predicted octanol–water partition coefficient (Wildman–Crippen LogP) is 6.49. The zero-order chi connectivity index (χ0) is 28.1. The summed E-state index contributed by atoms with van der Waals surface area (Å²) in [7, 11) is -3.40. The van der Waals surface area contributed by atoms with Gasteiger partial charge in [0.25, 0.3) is 0 Å². The largest absolute Gasteiger partial charge is 0.415 e. The molecule has 2 fully saturated rings. The number of carbonyl (C=O) groups is 2. The first-order valence-corrected chi connectivity index (χ1v) is 19.7. The Hall–Kier alpha value is -1.49. The summed E-state index contributed by atoms with van der Waals surface area (Å²) in [4.78, 5) is 25.2. The lowest BCUT2D eigenvalue weighted by molar-refractivity contribution is -0.130. The third-order valence-electron chi connectivity index (χ3n) is 8.63. The molecule has 6 nitrogen and oxygen atoms in total. The Morgan fingerprint density at radius 1 is 0.838 bits per heavy atom. The van der Waals surface area contributed by atoms with Crippen LogP contribution in [-0.2, 0) is 25.0 Å². The first-order chi connectivity index (χ1) is 16.9. The fourth-order valence-corrected chi connectivity index (χ4v) is 5.91. The van der Waals surface area contributed by atoms with Gasteiger partial charge in [-0.1, -0.05) is 71.9 Å². The molecule has 0 bridgehead atoms. The van der Waals surface area contributed by atoms with Crippen LogP contribution in [0.1, 0.15) is 72.8 Å². The second-order valence-electron chi connectivity index (χ2n) is 13.6. The Balaban J connectivity index is 0.000000281. The Bertz CT molecular complexity index is 891. The van der Waals surface area contributed by atoms with E-state index < -0.39 is 16.6 Å². The van der Waals surface area contributed by atoms with E-state index in [4.69, 9.17) is 8.85 Å². The second kappa shape index (κ2) is 12.6. The van der Waals surface area contributed by atoms with Gasteiger partial charge in [-0.3, -0.25) is 9.59 Å². The van der Waals surface area contributed by atoms with Crippen LogP contribution in [0.5, 0.6) is 0 Å². The van der Waals surface area contributed by atoms with Crippen molar-refractivity contribution in [3.05, 3.63) is 35.9 Å². The van der Waals surface area contributed by atoms with Crippen molar-refractivity contribution in [2.75, 3.05) is 13.2 Å². The number of hydrogen-bond acceptors (Lipinski definition) is 4. The van der Waals surface area contributed by atoms with Crippen molar-refractivity contribution in [3.8, 4) is 0 Å². The summed E-state index contributed by atoms with van der Waals surface area (Å²) < 4.78 is 12.4. The SMILES string of the molecule is CC(C)(C)[Si](C)(C)OC[C@@H]1CCC(=O)N1.CC(C)(C)[Si](C)(C)OC[C@@H]1CCC(=O)N1Cc1ccccc1. The Morgan fingerprint density at radius 3 is 1.86 bits per heavy atom. The lowest BCUT2D eigenvalue weighted by Crippen LogP contribution is -2.45. The summed E-state index contributed by atoms with van der Waals surface area (Å²) in [5.74, 6) is 0.423. The molecular weight excluding hydrogens is 497 g/mol. The van der Waals surface area contributed by atoms with Crippen LogP contribution in [0.4, 0.5) is 0 Å². The lowest BCUT2D eigenvalue weighted by atomic mass is 10.2. The molecule has 2 atom stereocenters. The molecule has 0 unspecified atom stereocenters. The maximum absolute atomic E-state index is 12.2. The van der Waals surface area contributed by atoms with E-state index in [1.165, 1.54) is 5.56 Å². The van der Waals surface area contributed by atoms with Crippen molar-refractivity contribution in [1.82, 2.24) is 10.2 Å². The van der Waals surface area contributed by atoms with Gasteiger partial charge in [0.2, 0.25) is 11.8 Å². The highest BCUT2D eigenvalue weighted by Crippen LogP contribution is 2.38. The van der Waals surface area contributed by atoms with E-state index in [0.29, 0.717) is 32.6 Å². The molecule has 1 aromatic carbocycles. The average molecular weight is 549 g/mol. The van der Waals surface area contributed by atoms with E-state index in [1.54, 1.807) is 0 Å². The van der Waals surface area contributed by atoms with Gasteiger partial charge in [-0.15, -0.1) is 0 Å². The molecule has 0 aromatic heterocycles. The minimum Gasteiger partial charge on any atom is -0.415 e. The lowest BCUT2D eigenvalue weighted by Gasteiger charge is -2.38. The zero-order valence-corrected chi connectivity index (χ0v) is 27.1. The molecule has 210 valence electrons. The Kier molecular flexibility index (Phi) is 10.8. The van der Waals surface area contributed by atoms with Crippen LogP contribution in [0.15, 0.2) is 30.3 Å². The molecule has 3 rings (SSSR count). The number of amides is 2. The standard InChI is InChI=1S/C18H29NO2Si.C11H23NO2Si/c1-18(2,3)22(4,5)21-14-16-11-12-17(20)19(16)13-15-9-7-6-8-10-15;1-11(2,3)15(4,5)14-8-9-6-7-10(13)12-9/h6-10,16H,11-14H2,1-5H3;9H,6-8H2,1-5H3,(H,12,13)/t16-;9-/m00/s1. The van der Waals surface area contributed by atoms with Crippen molar-refractivity contribution < 1.29 is 18.4 Å². The van der Waals surface area contributed by atoms with Crippen LogP contribution in [0.2, 0.25) is 36.3 Å². The van der Waals surface area contributed by atoms with Crippen molar-refractivity contribution >= 4 is 28.4 Å². The Morgan fingerprint density at radius 2 is 1.38 bits per heavy atom. The van der Waals surface area contributed by atoms with Gasteiger partial charge in [0, 0.05) is 19.4 Å². The monoisotopic (exact) mass is 548 g/mol. The number of rotatable bonds is 8. The number of benzene rings is 1. The molecule has 2 aliphatic heterocycles. The van der Waals surface area contributed by atoms with E-state index in [9.17, 15) is 9.59 Å². The van der Waals surface area contributed by atoms with Crippen LogP contribution >= 0.6 is 0 Å². The van der Waals surface area contributed by atoms with Gasteiger partial charge in [0.1, 0.15) is 0 Å². The zero-order valence-electron chi connectivity index (χ0n) is 25.1. The molecule has 37 heavy (non-hydrogen) atoms. The number of nitrogens with one attached hydrogen (secondary N) is 1. The van der Waals surface area contributed by atoms with Gasteiger partial charge in [-0.25, -0.2) is 0 Å². The Labute approximate surface area is 228 Å². The van der Waals surface area contributed by atoms with E-state index in [-0.39, 0.29) is 34.0 Å². The van der Waals surface area contributed by atoms with E-state index in [2.05, 4.69) is 85.2 Å².